The van der Waals surface area contributed by atoms with Gasteiger partial charge in [0.1, 0.15) is 5.82 Å². The molecule has 2 saturated heterocycles. The number of nitrogens with one attached hydrogen (secondary N) is 1. The Hall–Kier alpha value is -1.13. The molecule has 0 saturated carbocycles. The number of nitrogens with zero attached hydrogens (tertiary/aromatic N) is 2. The molecule has 1 atom stereocenters. The summed E-state index contributed by atoms with van der Waals surface area (Å²) in [4.78, 5) is 4.89. The Labute approximate surface area is 114 Å². The summed E-state index contributed by atoms with van der Waals surface area (Å²) in [5, 5.41) is 3.56. The Balaban J connectivity index is 1.50. The molecular formula is C15H22FN3. The molecule has 2 aliphatic heterocycles. The lowest BCUT2D eigenvalue weighted by Gasteiger charge is -2.37. The number of piperazine rings is 1. The second-order valence-corrected chi connectivity index (χ2v) is 5.56. The first-order valence-corrected chi connectivity index (χ1v) is 7.27. The molecule has 0 aromatic heterocycles. The molecule has 0 bridgehead atoms. The van der Waals surface area contributed by atoms with Crippen LogP contribution < -0.4 is 10.2 Å². The number of anilines is 1. The van der Waals surface area contributed by atoms with Crippen LogP contribution in [0.15, 0.2) is 24.3 Å². The van der Waals surface area contributed by atoms with Crippen LogP contribution >= 0.6 is 0 Å². The van der Waals surface area contributed by atoms with Crippen molar-refractivity contribution in [3.63, 3.8) is 0 Å². The first-order chi connectivity index (χ1) is 9.31. The Bertz CT molecular complexity index is 392. The van der Waals surface area contributed by atoms with Crippen LogP contribution in [0.3, 0.4) is 0 Å². The van der Waals surface area contributed by atoms with Gasteiger partial charge in [-0.25, -0.2) is 4.39 Å². The van der Waals surface area contributed by atoms with Gasteiger partial charge in [-0.3, -0.25) is 4.90 Å². The van der Waals surface area contributed by atoms with Crippen LogP contribution in [-0.2, 0) is 0 Å². The normalized spacial score (nSPS) is 24.9. The molecule has 3 nitrogen and oxygen atoms in total. The van der Waals surface area contributed by atoms with Crippen LogP contribution in [0.5, 0.6) is 0 Å². The first kappa shape index (κ1) is 12.9. The highest BCUT2D eigenvalue weighted by molar-refractivity contribution is 5.46. The quantitative estimate of drug-likeness (QED) is 0.895. The van der Waals surface area contributed by atoms with Gasteiger partial charge in [0, 0.05) is 44.5 Å². The summed E-state index contributed by atoms with van der Waals surface area (Å²) in [6.45, 7) is 6.65. The van der Waals surface area contributed by atoms with Crippen LogP contribution in [0.4, 0.5) is 10.1 Å². The third-order valence-electron chi connectivity index (χ3n) is 4.21. The van der Waals surface area contributed by atoms with E-state index >= 15 is 0 Å². The van der Waals surface area contributed by atoms with Gasteiger partial charge in [-0.15, -0.1) is 0 Å². The molecule has 19 heavy (non-hydrogen) atoms. The molecule has 0 unspecified atom stereocenters. The molecule has 0 spiro atoms. The zero-order chi connectivity index (χ0) is 13.1. The summed E-state index contributed by atoms with van der Waals surface area (Å²) in [6, 6.07) is 7.54. The summed E-state index contributed by atoms with van der Waals surface area (Å²) >= 11 is 0. The predicted octanol–water partition coefficient (Wildman–Crippen LogP) is 1.70. The summed E-state index contributed by atoms with van der Waals surface area (Å²) < 4.78 is 12.9. The Kier molecular flexibility index (Phi) is 3.99. The van der Waals surface area contributed by atoms with E-state index in [1.165, 1.54) is 25.9 Å². The van der Waals surface area contributed by atoms with E-state index in [-0.39, 0.29) is 5.82 Å². The Morgan fingerprint density at radius 1 is 1.11 bits per heavy atom. The van der Waals surface area contributed by atoms with E-state index < -0.39 is 0 Å². The molecule has 0 radical (unpaired) electrons. The van der Waals surface area contributed by atoms with E-state index in [2.05, 4.69) is 15.1 Å². The molecule has 2 heterocycles. The molecule has 0 aliphatic carbocycles. The molecule has 1 aromatic carbocycles. The topological polar surface area (TPSA) is 18.5 Å². The fraction of sp³-hybridized carbons (Fsp3) is 0.600. The van der Waals surface area contributed by atoms with Crippen LogP contribution in [0.1, 0.15) is 12.8 Å². The molecule has 2 aliphatic rings. The van der Waals surface area contributed by atoms with Crippen LogP contribution in [0.25, 0.3) is 0 Å². The summed E-state index contributed by atoms with van der Waals surface area (Å²) in [7, 11) is 0. The molecule has 0 amide bonds. The number of hydrogen-bond donors (Lipinski definition) is 1. The molecule has 3 rings (SSSR count). The highest BCUT2D eigenvalue weighted by Gasteiger charge is 2.21. The van der Waals surface area contributed by atoms with E-state index in [9.17, 15) is 4.39 Å². The average Bonchev–Trinajstić information content (AvgIpc) is 2.94. The van der Waals surface area contributed by atoms with Gasteiger partial charge >= 0.3 is 0 Å². The van der Waals surface area contributed by atoms with E-state index in [0.29, 0.717) is 6.04 Å². The highest BCUT2D eigenvalue weighted by Crippen LogP contribution is 2.17. The van der Waals surface area contributed by atoms with Gasteiger partial charge < -0.3 is 10.2 Å². The van der Waals surface area contributed by atoms with Crippen molar-refractivity contribution in [2.24, 2.45) is 0 Å². The minimum Gasteiger partial charge on any atom is -0.369 e. The summed E-state index contributed by atoms with van der Waals surface area (Å²) in [6.07, 6.45) is 2.64. The SMILES string of the molecule is Fc1ccc(N2CCN(C[C@H]3CCCN3)CC2)cc1. The van der Waals surface area contributed by atoms with Gasteiger partial charge in [0.2, 0.25) is 0 Å². The lowest BCUT2D eigenvalue weighted by molar-refractivity contribution is 0.236. The Morgan fingerprint density at radius 3 is 2.47 bits per heavy atom. The largest absolute Gasteiger partial charge is 0.369 e. The maximum atomic E-state index is 12.9. The lowest BCUT2D eigenvalue weighted by atomic mass is 10.2. The van der Waals surface area contributed by atoms with Crippen molar-refractivity contribution >= 4 is 5.69 Å². The predicted molar refractivity (Wildman–Crippen MR) is 76.1 cm³/mol. The standard InChI is InChI=1S/C15H22FN3/c16-13-3-5-15(6-4-13)19-10-8-18(9-11-19)12-14-2-1-7-17-14/h3-6,14,17H,1-2,7-12H2/t14-/m1/s1. The van der Waals surface area contributed by atoms with Crippen molar-refractivity contribution in [1.29, 1.82) is 0 Å². The van der Waals surface area contributed by atoms with E-state index in [1.54, 1.807) is 12.1 Å². The number of rotatable bonds is 3. The Morgan fingerprint density at radius 2 is 1.84 bits per heavy atom. The fourth-order valence-electron chi connectivity index (χ4n) is 3.06. The maximum Gasteiger partial charge on any atom is 0.123 e. The second kappa shape index (κ2) is 5.88. The average molecular weight is 263 g/mol. The molecule has 1 N–H and O–H groups in total. The fourth-order valence-corrected chi connectivity index (χ4v) is 3.06. The highest BCUT2D eigenvalue weighted by atomic mass is 19.1. The minimum atomic E-state index is -0.158. The summed E-state index contributed by atoms with van der Waals surface area (Å²) in [5.74, 6) is -0.158. The smallest absolute Gasteiger partial charge is 0.123 e. The van der Waals surface area contributed by atoms with Gasteiger partial charge in [0.25, 0.3) is 0 Å². The minimum absolute atomic E-state index is 0.158. The number of halogens is 1. The number of benzene rings is 1. The summed E-state index contributed by atoms with van der Waals surface area (Å²) in [5.41, 5.74) is 1.14. The van der Waals surface area contributed by atoms with Crippen molar-refractivity contribution in [1.82, 2.24) is 10.2 Å². The van der Waals surface area contributed by atoms with Gasteiger partial charge in [0.15, 0.2) is 0 Å². The third kappa shape index (κ3) is 3.25. The van der Waals surface area contributed by atoms with Crippen LogP contribution in [0, 0.1) is 5.82 Å². The van der Waals surface area contributed by atoms with Crippen molar-refractivity contribution in [2.45, 2.75) is 18.9 Å². The van der Waals surface area contributed by atoms with E-state index in [0.717, 1.165) is 31.9 Å². The third-order valence-corrected chi connectivity index (χ3v) is 4.21. The van der Waals surface area contributed by atoms with Crippen molar-refractivity contribution in [2.75, 3.05) is 44.2 Å². The van der Waals surface area contributed by atoms with Crippen molar-refractivity contribution < 1.29 is 4.39 Å². The van der Waals surface area contributed by atoms with Crippen molar-refractivity contribution in [3.05, 3.63) is 30.1 Å². The van der Waals surface area contributed by atoms with Gasteiger partial charge in [-0.1, -0.05) is 0 Å². The molecule has 1 aromatic rings. The molecule has 4 heteroatoms. The molecular weight excluding hydrogens is 241 g/mol. The van der Waals surface area contributed by atoms with Gasteiger partial charge in [0.05, 0.1) is 0 Å². The monoisotopic (exact) mass is 263 g/mol. The van der Waals surface area contributed by atoms with Crippen LogP contribution in [-0.4, -0.2) is 50.2 Å². The van der Waals surface area contributed by atoms with Gasteiger partial charge in [-0.05, 0) is 43.7 Å². The zero-order valence-electron chi connectivity index (χ0n) is 11.3. The second-order valence-electron chi connectivity index (χ2n) is 5.56. The zero-order valence-corrected chi connectivity index (χ0v) is 11.3. The van der Waals surface area contributed by atoms with Crippen molar-refractivity contribution in [3.8, 4) is 0 Å². The molecule has 2 fully saturated rings. The molecule has 104 valence electrons. The lowest BCUT2D eigenvalue weighted by Crippen LogP contribution is -2.49. The van der Waals surface area contributed by atoms with Crippen LogP contribution in [0.2, 0.25) is 0 Å². The van der Waals surface area contributed by atoms with E-state index in [1.807, 2.05) is 12.1 Å². The number of hydrogen-bond acceptors (Lipinski definition) is 3. The maximum absolute atomic E-state index is 12.9. The van der Waals surface area contributed by atoms with E-state index in [4.69, 9.17) is 0 Å². The first-order valence-electron chi connectivity index (χ1n) is 7.27. The van der Waals surface area contributed by atoms with Gasteiger partial charge in [-0.2, -0.15) is 0 Å².